The Kier molecular flexibility index (Phi) is 3.61. The summed E-state index contributed by atoms with van der Waals surface area (Å²) in [7, 11) is 1.97. The number of likely N-dealkylation sites (tertiary alicyclic amines) is 1. The lowest BCUT2D eigenvalue weighted by molar-refractivity contribution is 0.0839. The van der Waals surface area contributed by atoms with Crippen molar-refractivity contribution in [1.82, 2.24) is 14.7 Å². The predicted molar refractivity (Wildman–Crippen MR) is 63.1 cm³/mol. The molecule has 2 heterocycles. The van der Waals surface area contributed by atoms with Crippen LogP contribution in [-0.4, -0.2) is 39.0 Å². The van der Waals surface area contributed by atoms with Crippen LogP contribution >= 0.6 is 0 Å². The Bertz CT molecular complexity index is 348. The van der Waals surface area contributed by atoms with E-state index in [-0.39, 0.29) is 6.61 Å². The first-order valence-electron chi connectivity index (χ1n) is 6.04. The van der Waals surface area contributed by atoms with E-state index in [2.05, 4.69) is 16.9 Å². The molecule has 1 fully saturated rings. The molecule has 4 heteroatoms. The standard InChI is InChI=1S/C12H21N3O/c1-10-11(7-13-14(10)2)8-15-6-4-3-5-12(15)9-16/h7,12,16H,3-6,8-9H2,1-2H3/t12-/m1/s1. The molecule has 1 aromatic heterocycles. The van der Waals surface area contributed by atoms with Crippen molar-refractivity contribution in [2.75, 3.05) is 13.2 Å². The van der Waals surface area contributed by atoms with Crippen LogP contribution in [0.4, 0.5) is 0 Å². The van der Waals surface area contributed by atoms with Crippen LogP contribution < -0.4 is 0 Å². The summed E-state index contributed by atoms with van der Waals surface area (Å²) in [5, 5.41) is 13.6. The third kappa shape index (κ3) is 2.28. The van der Waals surface area contributed by atoms with Crippen molar-refractivity contribution in [3.63, 3.8) is 0 Å². The van der Waals surface area contributed by atoms with Crippen molar-refractivity contribution in [3.8, 4) is 0 Å². The van der Waals surface area contributed by atoms with Gasteiger partial charge >= 0.3 is 0 Å². The number of rotatable bonds is 3. The smallest absolute Gasteiger partial charge is 0.0586 e. The Morgan fingerprint density at radius 2 is 2.31 bits per heavy atom. The second-order valence-electron chi connectivity index (χ2n) is 4.68. The van der Waals surface area contributed by atoms with Gasteiger partial charge in [0.25, 0.3) is 0 Å². The second-order valence-corrected chi connectivity index (χ2v) is 4.68. The highest BCUT2D eigenvalue weighted by molar-refractivity contribution is 5.15. The zero-order chi connectivity index (χ0) is 11.5. The highest BCUT2D eigenvalue weighted by atomic mass is 16.3. The van der Waals surface area contributed by atoms with Crippen LogP contribution in [0.1, 0.15) is 30.5 Å². The zero-order valence-electron chi connectivity index (χ0n) is 10.2. The fourth-order valence-corrected chi connectivity index (χ4v) is 2.39. The molecule has 0 saturated carbocycles. The summed E-state index contributed by atoms with van der Waals surface area (Å²) >= 11 is 0. The summed E-state index contributed by atoms with van der Waals surface area (Å²) in [6.45, 7) is 4.39. The van der Waals surface area contributed by atoms with Crippen LogP contribution in [0, 0.1) is 6.92 Å². The summed E-state index contributed by atoms with van der Waals surface area (Å²) in [4.78, 5) is 2.38. The molecule has 1 aliphatic rings. The summed E-state index contributed by atoms with van der Waals surface area (Å²) < 4.78 is 1.91. The number of aliphatic hydroxyl groups excluding tert-OH is 1. The second kappa shape index (κ2) is 4.97. The number of aromatic nitrogens is 2. The maximum atomic E-state index is 9.35. The maximum absolute atomic E-state index is 9.35. The molecule has 1 aliphatic heterocycles. The molecule has 0 unspecified atom stereocenters. The lowest BCUT2D eigenvalue weighted by Gasteiger charge is -2.34. The third-order valence-corrected chi connectivity index (χ3v) is 3.67. The Labute approximate surface area is 96.9 Å². The molecule has 1 atom stereocenters. The monoisotopic (exact) mass is 223 g/mol. The van der Waals surface area contributed by atoms with Gasteiger partial charge in [-0.2, -0.15) is 5.10 Å². The Morgan fingerprint density at radius 3 is 2.94 bits per heavy atom. The van der Waals surface area contributed by atoms with Gasteiger partial charge in [0.15, 0.2) is 0 Å². The average Bonchev–Trinajstić information content (AvgIpc) is 2.62. The number of hydrogen-bond acceptors (Lipinski definition) is 3. The van der Waals surface area contributed by atoms with Crippen LogP contribution in [0.2, 0.25) is 0 Å². The van der Waals surface area contributed by atoms with Gasteiger partial charge in [-0.3, -0.25) is 9.58 Å². The maximum Gasteiger partial charge on any atom is 0.0586 e. The van der Waals surface area contributed by atoms with Gasteiger partial charge in [0, 0.05) is 30.9 Å². The summed E-state index contributed by atoms with van der Waals surface area (Å²) in [5.41, 5.74) is 2.50. The number of hydrogen-bond donors (Lipinski definition) is 1. The highest BCUT2D eigenvalue weighted by Crippen LogP contribution is 2.20. The van der Waals surface area contributed by atoms with Crippen molar-refractivity contribution < 1.29 is 5.11 Å². The zero-order valence-corrected chi connectivity index (χ0v) is 10.2. The summed E-state index contributed by atoms with van der Waals surface area (Å²) in [6, 6.07) is 0.341. The molecule has 0 bridgehead atoms. The molecule has 4 nitrogen and oxygen atoms in total. The van der Waals surface area contributed by atoms with Crippen LogP contribution in [0.3, 0.4) is 0 Å². The van der Waals surface area contributed by atoms with Gasteiger partial charge in [-0.1, -0.05) is 6.42 Å². The van der Waals surface area contributed by atoms with E-state index in [1.807, 2.05) is 17.9 Å². The highest BCUT2D eigenvalue weighted by Gasteiger charge is 2.22. The quantitative estimate of drug-likeness (QED) is 0.833. The minimum absolute atomic E-state index is 0.277. The van der Waals surface area contributed by atoms with E-state index < -0.39 is 0 Å². The van der Waals surface area contributed by atoms with Crippen molar-refractivity contribution in [3.05, 3.63) is 17.5 Å². The van der Waals surface area contributed by atoms with E-state index in [0.717, 1.165) is 19.5 Å². The lowest BCUT2D eigenvalue weighted by atomic mass is 10.0. The van der Waals surface area contributed by atoms with Crippen molar-refractivity contribution >= 4 is 0 Å². The van der Waals surface area contributed by atoms with Gasteiger partial charge in [0.05, 0.1) is 12.8 Å². The molecule has 90 valence electrons. The SMILES string of the molecule is Cc1c(CN2CCCC[C@@H]2CO)cnn1C. The predicted octanol–water partition coefficient (Wildman–Crippen LogP) is 1.08. The summed E-state index contributed by atoms with van der Waals surface area (Å²) in [5.74, 6) is 0. The van der Waals surface area contributed by atoms with Crippen LogP contribution in [0.25, 0.3) is 0 Å². The molecule has 0 aromatic carbocycles. The van der Waals surface area contributed by atoms with E-state index in [1.165, 1.54) is 24.1 Å². The average molecular weight is 223 g/mol. The molecular formula is C12H21N3O. The molecule has 0 spiro atoms. The van der Waals surface area contributed by atoms with Crippen molar-refractivity contribution in [1.29, 1.82) is 0 Å². The third-order valence-electron chi connectivity index (χ3n) is 3.67. The van der Waals surface area contributed by atoms with Gasteiger partial charge in [-0.05, 0) is 26.3 Å². The largest absolute Gasteiger partial charge is 0.395 e. The Hall–Kier alpha value is -0.870. The van der Waals surface area contributed by atoms with Crippen LogP contribution in [0.15, 0.2) is 6.20 Å². The fraction of sp³-hybridized carbons (Fsp3) is 0.750. The molecule has 16 heavy (non-hydrogen) atoms. The van der Waals surface area contributed by atoms with E-state index >= 15 is 0 Å². The van der Waals surface area contributed by atoms with Gasteiger partial charge in [0.2, 0.25) is 0 Å². The molecule has 0 radical (unpaired) electrons. The topological polar surface area (TPSA) is 41.3 Å². The van der Waals surface area contributed by atoms with Crippen LogP contribution in [0.5, 0.6) is 0 Å². The van der Waals surface area contributed by atoms with Gasteiger partial charge in [-0.25, -0.2) is 0 Å². The fourth-order valence-electron chi connectivity index (χ4n) is 2.39. The molecule has 2 rings (SSSR count). The first-order chi connectivity index (χ1) is 7.72. The first kappa shape index (κ1) is 11.6. The molecule has 0 aliphatic carbocycles. The number of piperidine rings is 1. The van der Waals surface area contributed by atoms with Crippen molar-refractivity contribution in [2.45, 2.75) is 38.8 Å². The minimum atomic E-state index is 0.277. The van der Waals surface area contributed by atoms with E-state index in [1.54, 1.807) is 0 Å². The molecular weight excluding hydrogens is 202 g/mol. The number of aliphatic hydroxyl groups is 1. The van der Waals surface area contributed by atoms with E-state index in [0.29, 0.717) is 6.04 Å². The van der Waals surface area contributed by atoms with Crippen LogP contribution in [-0.2, 0) is 13.6 Å². The normalized spacial score (nSPS) is 22.6. The van der Waals surface area contributed by atoms with Gasteiger partial charge in [-0.15, -0.1) is 0 Å². The molecule has 0 amide bonds. The number of nitrogens with zero attached hydrogens (tertiary/aromatic N) is 3. The molecule has 1 saturated heterocycles. The van der Waals surface area contributed by atoms with Gasteiger partial charge in [0.1, 0.15) is 0 Å². The minimum Gasteiger partial charge on any atom is -0.395 e. The van der Waals surface area contributed by atoms with E-state index in [9.17, 15) is 5.11 Å². The number of aryl methyl sites for hydroxylation is 1. The van der Waals surface area contributed by atoms with E-state index in [4.69, 9.17) is 0 Å². The van der Waals surface area contributed by atoms with Gasteiger partial charge < -0.3 is 5.11 Å². The molecule has 1 aromatic rings. The lowest BCUT2D eigenvalue weighted by Crippen LogP contribution is -2.41. The molecule has 1 N–H and O–H groups in total. The summed E-state index contributed by atoms with van der Waals surface area (Å²) in [6.07, 6.45) is 5.55. The first-order valence-corrected chi connectivity index (χ1v) is 6.04. The Balaban J connectivity index is 2.05. The van der Waals surface area contributed by atoms with Crippen molar-refractivity contribution in [2.24, 2.45) is 7.05 Å². The Morgan fingerprint density at radius 1 is 1.50 bits per heavy atom.